The summed E-state index contributed by atoms with van der Waals surface area (Å²) in [5.41, 5.74) is 0. The van der Waals surface area contributed by atoms with Crippen molar-refractivity contribution in [2.75, 3.05) is 6.61 Å². The summed E-state index contributed by atoms with van der Waals surface area (Å²) in [7, 11) is 0. The second kappa shape index (κ2) is 6.44. The van der Waals surface area contributed by atoms with Crippen molar-refractivity contribution >= 4 is 29.6 Å². The number of rotatable bonds is 3. The zero-order chi connectivity index (χ0) is 6.57. The summed E-state index contributed by atoms with van der Waals surface area (Å²) in [6.07, 6.45) is -1.81. The summed E-state index contributed by atoms with van der Waals surface area (Å²) in [5, 5.41) is 25.8. The summed E-state index contributed by atoms with van der Waals surface area (Å²) in [6, 6.07) is 0. The molecule has 0 aromatic rings. The van der Waals surface area contributed by atoms with Crippen molar-refractivity contribution in [1.29, 1.82) is 0 Å². The molecule has 0 fully saturated rings. The van der Waals surface area contributed by atoms with E-state index in [-0.39, 0.29) is 42.6 Å². The van der Waals surface area contributed by atoms with Crippen LogP contribution in [0.1, 0.15) is 6.42 Å². The van der Waals surface area contributed by atoms with Crippen LogP contribution in [0.2, 0.25) is 0 Å². The van der Waals surface area contributed by atoms with Gasteiger partial charge in [-0.1, -0.05) is 0 Å². The van der Waals surface area contributed by atoms with E-state index < -0.39 is 11.2 Å². The molecule has 0 aromatic carbocycles. The van der Waals surface area contributed by atoms with Gasteiger partial charge in [-0.15, -0.1) is 0 Å². The molecule has 0 saturated carbocycles. The van der Waals surface area contributed by atoms with Crippen molar-refractivity contribution in [3.63, 3.8) is 0 Å². The molecule has 0 aliphatic rings. The van der Waals surface area contributed by atoms with Gasteiger partial charge in [0.1, 0.15) is 0 Å². The third kappa shape index (κ3) is 6.20. The zero-order valence-electron chi connectivity index (χ0n) is 4.15. The summed E-state index contributed by atoms with van der Waals surface area (Å²) < 4.78 is 0. The molecule has 1 unspecified atom stereocenters. The van der Waals surface area contributed by atoms with Crippen LogP contribution >= 0.6 is 0 Å². The molecule has 5 nitrogen and oxygen atoms in total. The Morgan fingerprint density at radius 2 is 2.11 bits per heavy atom. The van der Waals surface area contributed by atoms with Gasteiger partial charge in [0.25, 0.3) is 0 Å². The van der Waals surface area contributed by atoms with Gasteiger partial charge in [-0.2, -0.15) is 0 Å². The number of hydrogen-bond donors (Lipinski definition) is 2. The number of nitrogens with zero attached hydrogens (tertiary/aromatic N) is 1. The SMILES string of the molecule is O=[N+]([O-])C(O)CCO.[NaH]. The van der Waals surface area contributed by atoms with Gasteiger partial charge >= 0.3 is 35.8 Å². The normalized spacial score (nSPS) is 11.8. The van der Waals surface area contributed by atoms with Gasteiger partial charge in [-0.3, -0.25) is 10.1 Å². The van der Waals surface area contributed by atoms with E-state index in [1.54, 1.807) is 0 Å². The van der Waals surface area contributed by atoms with E-state index in [2.05, 4.69) is 0 Å². The Bertz CT molecular complexity index is 87.9. The first-order valence-electron chi connectivity index (χ1n) is 2.11. The van der Waals surface area contributed by atoms with E-state index in [0.29, 0.717) is 0 Å². The Morgan fingerprint density at radius 3 is 2.22 bits per heavy atom. The van der Waals surface area contributed by atoms with E-state index in [4.69, 9.17) is 10.2 Å². The Balaban J connectivity index is 0. The molecule has 0 aliphatic heterocycles. The van der Waals surface area contributed by atoms with Gasteiger partial charge in [0, 0.05) is 0 Å². The van der Waals surface area contributed by atoms with Gasteiger partial charge in [0.05, 0.1) is 18.0 Å². The molecular formula is C3H8NNaO4. The first kappa shape index (κ1) is 12.0. The van der Waals surface area contributed by atoms with Gasteiger partial charge in [-0.25, -0.2) is 0 Å². The average molecular weight is 145 g/mol. The summed E-state index contributed by atoms with van der Waals surface area (Å²) in [4.78, 5) is 8.68. The van der Waals surface area contributed by atoms with Crippen molar-refractivity contribution < 1.29 is 15.1 Å². The van der Waals surface area contributed by atoms with Crippen LogP contribution in [0.25, 0.3) is 0 Å². The van der Waals surface area contributed by atoms with Crippen molar-refractivity contribution in [1.82, 2.24) is 0 Å². The number of aliphatic hydroxyl groups excluding tert-OH is 2. The van der Waals surface area contributed by atoms with Gasteiger partial charge in [0.2, 0.25) is 0 Å². The second-order valence-corrected chi connectivity index (χ2v) is 1.28. The molecule has 0 amide bonds. The minimum absolute atomic E-state index is 0. The summed E-state index contributed by atoms with van der Waals surface area (Å²) in [5.74, 6) is 0. The number of hydrogen-bond acceptors (Lipinski definition) is 4. The van der Waals surface area contributed by atoms with E-state index >= 15 is 0 Å². The monoisotopic (exact) mass is 145 g/mol. The molecule has 2 N–H and O–H groups in total. The quantitative estimate of drug-likeness (QED) is 0.215. The number of aliphatic hydroxyl groups is 2. The summed E-state index contributed by atoms with van der Waals surface area (Å²) >= 11 is 0. The molecular weight excluding hydrogens is 137 g/mol. The molecule has 0 heterocycles. The van der Waals surface area contributed by atoms with E-state index in [1.165, 1.54) is 0 Å². The molecule has 0 bridgehead atoms. The maximum atomic E-state index is 9.53. The van der Waals surface area contributed by atoms with Crippen LogP contribution < -0.4 is 0 Å². The second-order valence-electron chi connectivity index (χ2n) is 1.28. The maximum absolute atomic E-state index is 9.53. The molecule has 0 rings (SSSR count). The average Bonchev–Trinajstić information content (AvgIpc) is 1.67. The Labute approximate surface area is 74.1 Å². The van der Waals surface area contributed by atoms with Crippen LogP contribution in [0.15, 0.2) is 0 Å². The fourth-order valence-corrected chi connectivity index (χ4v) is 0.221. The molecule has 0 aromatic heterocycles. The Morgan fingerprint density at radius 1 is 1.67 bits per heavy atom. The van der Waals surface area contributed by atoms with Crippen LogP contribution in [-0.4, -0.2) is 57.5 Å². The first-order valence-corrected chi connectivity index (χ1v) is 2.11. The number of nitro groups is 1. The molecule has 0 spiro atoms. The summed E-state index contributed by atoms with van der Waals surface area (Å²) in [6.45, 7) is -0.359. The van der Waals surface area contributed by atoms with Crippen LogP contribution in [0, 0.1) is 10.1 Å². The molecule has 6 heteroatoms. The molecule has 0 radical (unpaired) electrons. The van der Waals surface area contributed by atoms with Crippen LogP contribution in [0.3, 0.4) is 0 Å². The molecule has 1 atom stereocenters. The zero-order valence-corrected chi connectivity index (χ0v) is 4.15. The van der Waals surface area contributed by atoms with Crippen LogP contribution in [-0.2, 0) is 0 Å². The van der Waals surface area contributed by atoms with Crippen molar-refractivity contribution in [3.05, 3.63) is 10.1 Å². The van der Waals surface area contributed by atoms with Gasteiger partial charge in [-0.05, 0) is 0 Å². The third-order valence-electron chi connectivity index (χ3n) is 0.631. The fraction of sp³-hybridized carbons (Fsp3) is 1.00. The van der Waals surface area contributed by atoms with Crippen molar-refractivity contribution in [2.45, 2.75) is 12.6 Å². The van der Waals surface area contributed by atoms with Crippen LogP contribution in [0.5, 0.6) is 0 Å². The van der Waals surface area contributed by atoms with E-state index in [1.807, 2.05) is 0 Å². The standard InChI is InChI=1S/C3H7NO4.Na.H/c5-2-1-3(6)4(7)8;;/h3,5-6H,1-2H2;;. The first-order chi connectivity index (χ1) is 3.68. The Hall–Kier alpha value is 0.320. The van der Waals surface area contributed by atoms with E-state index in [9.17, 15) is 10.1 Å². The van der Waals surface area contributed by atoms with Gasteiger partial charge in [0.15, 0.2) is 0 Å². The predicted molar refractivity (Wildman–Crippen MR) is 31.9 cm³/mol. The van der Waals surface area contributed by atoms with E-state index in [0.717, 1.165) is 0 Å². The molecule has 9 heavy (non-hydrogen) atoms. The van der Waals surface area contributed by atoms with Gasteiger partial charge < -0.3 is 10.2 Å². The molecule has 0 aliphatic carbocycles. The molecule has 50 valence electrons. The minimum atomic E-state index is -1.61. The topological polar surface area (TPSA) is 83.6 Å². The molecule has 0 saturated heterocycles. The third-order valence-corrected chi connectivity index (χ3v) is 0.631. The van der Waals surface area contributed by atoms with Crippen molar-refractivity contribution in [3.8, 4) is 0 Å². The van der Waals surface area contributed by atoms with Crippen LogP contribution in [0.4, 0.5) is 0 Å². The predicted octanol–water partition coefficient (Wildman–Crippen LogP) is -1.68. The Kier molecular flexibility index (Phi) is 8.62. The van der Waals surface area contributed by atoms with Crippen molar-refractivity contribution in [2.24, 2.45) is 0 Å². The fourth-order valence-electron chi connectivity index (χ4n) is 0.221.